The first kappa shape index (κ1) is 17.9. The number of carboxylic acid groups (broad SMARTS) is 1. The molecule has 2 aromatic carbocycles. The van der Waals surface area contributed by atoms with E-state index in [0.717, 1.165) is 0 Å². The molecular weight excluding hydrogens is 358 g/mol. The molecule has 0 aliphatic rings. The monoisotopic (exact) mass is 371 g/mol. The Balaban J connectivity index is 2.43. The molecule has 0 saturated heterocycles. The average Bonchev–Trinajstić information content (AvgIpc) is 2.50. The number of ether oxygens (including phenoxy) is 1. The van der Waals surface area contributed by atoms with Gasteiger partial charge in [0.05, 0.1) is 19.2 Å². The van der Waals surface area contributed by atoms with E-state index in [2.05, 4.69) is 4.72 Å². The second-order valence-corrected chi connectivity index (χ2v) is 6.91. The van der Waals surface area contributed by atoms with Crippen molar-refractivity contribution in [1.29, 1.82) is 0 Å². The van der Waals surface area contributed by atoms with Crippen molar-refractivity contribution in [2.45, 2.75) is 11.3 Å². The molecule has 0 aliphatic carbocycles. The highest BCUT2D eigenvalue weighted by molar-refractivity contribution is 7.92. The first-order valence-electron chi connectivity index (χ1n) is 6.63. The number of carbonyl (C=O) groups is 1. The van der Waals surface area contributed by atoms with E-state index in [-0.39, 0.29) is 33.5 Å². The van der Waals surface area contributed by atoms with Gasteiger partial charge < -0.3 is 14.9 Å². The molecule has 7 nitrogen and oxygen atoms in total. The third kappa shape index (κ3) is 4.09. The number of hydrogen-bond donors (Lipinski definition) is 3. The van der Waals surface area contributed by atoms with Gasteiger partial charge in [0, 0.05) is 5.02 Å². The minimum absolute atomic E-state index is 0.0769. The van der Waals surface area contributed by atoms with E-state index >= 15 is 0 Å². The quantitative estimate of drug-likeness (QED) is 0.672. The van der Waals surface area contributed by atoms with Gasteiger partial charge in [0.25, 0.3) is 10.0 Å². The van der Waals surface area contributed by atoms with Gasteiger partial charge in [-0.1, -0.05) is 17.7 Å². The summed E-state index contributed by atoms with van der Waals surface area (Å²) < 4.78 is 32.3. The van der Waals surface area contributed by atoms with Crippen LogP contribution in [0.1, 0.15) is 5.56 Å². The van der Waals surface area contributed by atoms with E-state index in [4.69, 9.17) is 21.4 Å². The summed E-state index contributed by atoms with van der Waals surface area (Å²) >= 11 is 5.83. The topological polar surface area (TPSA) is 113 Å². The number of benzene rings is 2. The molecule has 9 heteroatoms. The number of phenols is 1. The molecule has 0 radical (unpaired) electrons. The number of phenolic OH excluding ortho intramolecular Hbond substituents is 1. The van der Waals surface area contributed by atoms with Crippen molar-refractivity contribution < 1.29 is 28.2 Å². The van der Waals surface area contributed by atoms with E-state index in [1.54, 1.807) is 0 Å². The summed E-state index contributed by atoms with van der Waals surface area (Å²) in [5.74, 6) is -1.34. The van der Waals surface area contributed by atoms with Crippen molar-refractivity contribution in [3.8, 4) is 11.5 Å². The first-order valence-corrected chi connectivity index (χ1v) is 8.49. The zero-order valence-electron chi connectivity index (χ0n) is 12.5. The first-order chi connectivity index (χ1) is 11.2. The molecule has 0 amide bonds. The van der Waals surface area contributed by atoms with Gasteiger partial charge in [0.15, 0.2) is 0 Å². The second-order valence-electron chi connectivity index (χ2n) is 4.82. The Hall–Kier alpha value is -2.45. The highest BCUT2D eigenvalue weighted by Crippen LogP contribution is 2.31. The molecule has 24 heavy (non-hydrogen) atoms. The zero-order valence-corrected chi connectivity index (χ0v) is 14.1. The number of methoxy groups -OCH3 is 1. The molecule has 0 heterocycles. The number of carboxylic acids is 1. The van der Waals surface area contributed by atoms with Gasteiger partial charge >= 0.3 is 5.97 Å². The molecule has 2 aromatic rings. The summed E-state index contributed by atoms with van der Waals surface area (Å²) in [7, 11) is -2.80. The normalized spacial score (nSPS) is 11.1. The molecule has 0 spiro atoms. The highest BCUT2D eigenvalue weighted by atomic mass is 35.5. The Labute approximate surface area is 143 Å². The van der Waals surface area contributed by atoms with E-state index in [0.29, 0.717) is 5.56 Å². The smallest absolute Gasteiger partial charge is 0.307 e. The number of hydrogen-bond acceptors (Lipinski definition) is 5. The van der Waals surface area contributed by atoms with Crippen LogP contribution in [0, 0.1) is 0 Å². The van der Waals surface area contributed by atoms with Crippen molar-refractivity contribution in [2.24, 2.45) is 0 Å². The zero-order chi connectivity index (χ0) is 17.9. The fraction of sp³-hybridized carbons (Fsp3) is 0.133. The van der Waals surface area contributed by atoms with Gasteiger partial charge in [0.2, 0.25) is 0 Å². The lowest BCUT2D eigenvalue weighted by atomic mass is 10.1. The molecule has 0 aliphatic heterocycles. The largest absolute Gasteiger partial charge is 0.506 e. The third-order valence-corrected chi connectivity index (χ3v) is 4.70. The Morgan fingerprint density at radius 1 is 1.25 bits per heavy atom. The molecule has 0 atom stereocenters. The van der Waals surface area contributed by atoms with Crippen molar-refractivity contribution in [3.63, 3.8) is 0 Å². The minimum Gasteiger partial charge on any atom is -0.506 e. The number of halogens is 1. The summed E-state index contributed by atoms with van der Waals surface area (Å²) in [6, 6.07) is 7.94. The lowest BCUT2D eigenvalue weighted by Gasteiger charge is -2.13. The predicted molar refractivity (Wildman–Crippen MR) is 88.3 cm³/mol. The van der Waals surface area contributed by atoms with Crippen LogP contribution in [0.2, 0.25) is 5.02 Å². The number of sulfonamides is 1. The van der Waals surface area contributed by atoms with Gasteiger partial charge in [0.1, 0.15) is 16.4 Å². The Bertz CT molecular complexity index is 882. The third-order valence-electron chi connectivity index (χ3n) is 3.08. The SMILES string of the molecule is COc1ccc(Cl)cc1S(=O)(=O)Nc1cc(CC(=O)O)ccc1O. The fourth-order valence-corrected chi connectivity index (χ4v) is 3.51. The standard InChI is InChI=1S/C15H14ClNO6S/c1-23-13-5-3-10(16)8-14(13)24(21,22)17-11-6-9(7-15(19)20)2-4-12(11)18/h2-6,8,17-18H,7H2,1H3,(H,19,20). The van der Waals surface area contributed by atoms with Gasteiger partial charge in [-0.2, -0.15) is 0 Å². The Morgan fingerprint density at radius 3 is 2.58 bits per heavy atom. The number of aromatic hydroxyl groups is 1. The molecule has 0 aromatic heterocycles. The summed E-state index contributed by atoms with van der Waals surface area (Å²) in [6.07, 6.45) is -0.310. The molecule has 0 fully saturated rings. The molecule has 2 rings (SSSR count). The summed E-state index contributed by atoms with van der Waals surface area (Å²) in [5.41, 5.74) is 0.187. The van der Waals surface area contributed by atoms with Crippen molar-refractivity contribution in [3.05, 3.63) is 47.0 Å². The van der Waals surface area contributed by atoms with Gasteiger partial charge in [-0.15, -0.1) is 0 Å². The lowest BCUT2D eigenvalue weighted by molar-refractivity contribution is -0.136. The van der Waals surface area contributed by atoms with Crippen molar-refractivity contribution in [1.82, 2.24) is 0 Å². The summed E-state index contributed by atoms with van der Waals surface area (Å²) in [4.78, 5) is 10.6. The summed E-state index contributed by atoms with van der Waals surface area (Å²) in [5, 5.41) is 18.8. The van der Waals surface area contributed by atoms with Gasteiger partial charge in [-0.05, 0) is 35.9 Å². The van der Waals surface area contributed by atoms with E-state index < -0.39 is 16.0 Å². The van der Waals surface area contributed by atoms with Crippen LogP contribution in [0.5, 0.6) is 11.5 Å². The number of aliphatic carboxylic acids is 1. The highest BCUT2D eigenvalue weighted by Gasteiger charge is 2.21. The maximum Gasteiger partial charge on any atom is 0.307 e. The maximum absolute atomic E-state index is 12.5. The van der Waals surface area contributed by atoms with Crippen LogP contribution in [-0.4, -0.2) is 31.7 Å². The van der Waals surface area contributed by atoms with Crippen LogP contribution in [0.4, 0.5) is 5.69 Å². The Kier molecular flexibility index (Phi) is 5.20. The van der Waals surface area contributed by atoms with Crippen LogP contribution in [-0.2, 0) is 21.2 Å². The molecule has 3 N–H and O–H groups in total. The number of rotatable bonds is 6. The lowest BCUT2D eigenvalue weighted by Crippen LogP contribution is -2.14. The van der Waals surface area contributed by atoms with Crippen LogP contribution in [0.25, 0.3) is 0 Å². The van der Waals surface area contributed by atoms with E-state index in [1.165, 1.54) is 43.5 Å². The predicted octanol–water partition coefficient (Wildman–Crippen LogP) is 2.48. The van der Waals surface area contributed by atoms with Crippen LogP contribution in [0.3, 0.4) is 0 Å². The fourth-order valence-electron chi connectivity index (χ4n) is 2.01. The number of nitrogens with one attached hydrogen (secondary N) is 1. The minimum atomic E-state index is -4.11. The molecule has 128 valence electrons. The maximum atomic E-state index is 12.5. The van der Waals surface area contributed by atoms with Gasteiger partial charge in [-0.25, -0.2) is 8.42 Å². The average molecular weight is 372 g/mol. The van der Waals surface area contributed by atoms with Crippen LogP contribution in [0.15, 0.2) is 41.3 Å². The van der Waals surface area contributed by atoms with Crippen molar-refractivity contribution >= 4 is 33.3 Å². The van der Waals surface area contributed by atoms with Crippen LogP contribution < -0.4 is 9.46 Å². The van der Waals surface area contributed by atoms with Crippen molar-refractivity contribution in [2.75, 3.05) is 11.8 Å². The van der Waals surface area contributed by atoms with Gasteiger partial charge in [-0.3, -0.25) is 9.52 Å². The molecule has 0 saturated carbocycles. The second kappa shape index (κ2) is 6.98. The molecule has 0 bridgehead atoms. The number of anilines is 1. The van der Waals surface area contributed by atoms with E-state index in [1.807, 2.05) is 0 Å². The molecular formula is C15H14ClNO6S. The van der Waals surface area contributed by atoms with Crippen LogP contribution >= 0.6 is 11.6 Å². The van der Waals surface area contributed by atoms with E-state index in [9.17, 15) is 18.3 Å². The Morgan fingerprint density at radius 2 is 1.96 bits per heavy atom. The molecule has 0 unspecified atom stereocenters. The summed E-state index contributed by atoms with van der Waals surface area (Å²) in [6.45, 7) is 0.